The Hall–Kier alpha value is -3.01. The van der Waals surface area contributed by atoms with Gasteiger partial charge in [-0.1, -0.05) is 27.7 Å². The average Bonchev–Trinajstić information content (AvgIpc) is 3.03. The molecule has 0 radical (unpaired) electrons. The average molecular weight is 356 g/mol. The molecule has 0 saturated carbocycles. The van der Waals surface area contributed by atoms with Gasteiger partial charge in [-0.15, -0.1) is 0 Å². The lowest BCUT2D eigenvalue weighted by Gasteiger charge is -2.12. The fourth-order valence-electron chi connectivity index (χ4n) is 2.04. The molecule has 26 heavy (non-hydrogen) atoms. The van der Waals surface area contributed by atoms with Gasteiger partial charge in [0.2, 0.25) is 11.6 Å². The number of hydrazone groups is 1. The fourth-order valence-corrected chi connectivity index (χ4v) is 2.04. The molecule has 0 aliphatic rings. The van der Waals surface area contributed by atoms with Crippen LogP contribution in [0.2, 0.25) is 0 Å². The maximum atomic E-state index is 9.12. The van der Waals surface area contributed by atoms with E-state index >= 15 is 0 Å². The Kier molecular flexibility index (Phi) is 6.61. The number of ether oxygens (including phenoxy) is 2. The van der Waals surface area contributed by atoms with Crippen molar-refractivity contribution in [3.63, 3.8) is 0 Å². The maximum absolute atomic E-state index is 9.12. The normalized spacial score (nSPS) is 11.2. The van der Waals surface area contributed by atoms with Crippen molar-refractivity contribution in [3.05, 3.63) is 35.3 Å². The molecule has 0 saturated heterocycles. The number of oxazole rings is 1. The number of anilines is 1. The van der Waals surface area contributed by atoms with E-state index in [-0.39, 0.29) is 17.5 Å². The number of hydrogen-bond donors (Lipinski definition) is 1. The van der Waals surface area contributed by atoms with Gasteiger partial charge in [-0.2, -0.15) is 10.4 Å². The summed E-state index contributed by atoms with van der Waals surface area (Å²) in [5.74, 6) is 2.56. The number of rotatable bonds is 8. The molecule has 2 aromatic rings. The molecule has 1 N–H and O–H groups in total. The summed E-state index contributed by atoms with van der Waals surface area (Å²) in [6.45, 7) is 8.67. The maximum Gasteiger partial charge on any atom is 0.252 e. The van der Waals surface area contributed by atoms with Crippen molar-refractivity contribution >= 4 is 12.1 Å². The predicted octanol–water partition coefficient (Wildman–Crippen LogP) is 4.16. The van der Waals surface area contributed by atoms with Crippen LogP contribution in [0.5, 0.6) is 11.5 Å². The van der Waals surface area contributed by atoms with E-state index in [1.54, 1.807) is 13.3 Å². The molecular formula is C19H24N4O3. The third-order valence-electron chi connectivity index (χ3n) is 3.38. The standard InChI is InChI=1S/C19H24N4O3/c1-12(2)11-25-16-7-6-14(8-17(16)24-5)10-21-23-19-15(9-20)22-18(26-19)13(3)4/h6-8,10,12-13,23H,11H2,1-5H3. The van der Waals surface area contributed by atoms with E-state index in [1.165, 1.54) is 0 Å². The molecule has 138 valence electrons. The van der Waals surface area contributed by atoms with E-state index in [1.807, 2.05) is 38.1 Å². The van der Waals surface area contributed by atoms with E-state index in [0.717, 1.165) is 5.56 Å². The molecule has 0 bridgehead atoms. The zero-order valence-electron chi connectivity index (χ0n) is 15.7. The molecule has 7 heteroatoms. The second-order valence-electron chi connectivity index (χ2n) is 6.48. The topological polar surface area (TPSA) is 92.7 Å². The predicted molar refractivity (Wildman–Crippen MR) is 99.9 cm³/mol. The number of hydrogen-bond acceptors (Lipinski definition) is 7. The van der Waals surface area contributed by atoms with E-state index in [9.17, 15) is 0 Å². The summed E-state index contributed by atoms with van der Waals surface area (Å²) in [7, 11) is 1.60. The van der Waals surface area contributed by atoms with Crippen LogP contribution in [0.15, 0.2) is 27.7 Å². The Morgan fingerprint density at radius 1 is 1.31 bits per heavy atom. The highest BCUT2D eigenvalue weighted by Gasteiger charge is 2.14. The lowest BCUT2D eigenvalue weighted by Crippen LogP contribution is -2.05. The SMILES string of the molecule is COc1cc(C=NNc2oc(C(C)C)nc2C#N)ccc1OCC(C)C. The van der Waals surface area contributed by atoms with E-state index in [4.69, 9.17) is 19.2 Å². The van der Waals surface area contributed by atoms with Gasteiger partial charge in [0, 0.05) is 5.92 Å². The molecule has 0 spiro atoms. The van der Waals surface area contributed by atoms with E-state index in [0.29, 0.717) is 29.9 Å². The monoisotopic (exact) mass is 356 g/mol. The summed E-state index contributed by atoms with van der Waals surface area (Å²) in [5.41, 5.74) is 3.72. The Labute approximate surface area is 153 Å². The molecule has 0 atom stereocenters. The quantitative estimate of drug-likeness (QED) is 0.564. The smallest absolute Gasteiger partial charge is 0.252 e. The first-order chi connectivity index (χ1) is 12.4. The van der Waals surface area contributed by atoms with Gasteiger partial charge in [-0.25, -0.2) is 10.4 Å². The van der Waals surface area contributed by atoms with Gasteiger partial charge in [-0.3, -0.25) is 0 Å². The van der Waals surface area contributed by atoms with Crippen molar-refractivity contribution in [3.8, 4) is 17.6 Å². The van der Waals surface area contributed by atoms with Crippen molar-refractivity contribution in [1.82, 2.24) is 4.98 Å². The van der Waals surface area contributed by atoms with Gasteiger partial charge >= 0.3 is 0 Å². The molecule has 2 rings (SSSR count). The number of methoxy groups -OCH3 is 1. The summed E-state index contributed by atoms with van der Waals surface area (Å²) < 4.78 is 16.6. The van der Waals surface area contributed by atoms with Crippen LogP contribution in [-0.4, -0.2) is 24.9 Å². The minimum Gasteiger partial charge on any atom is -0.493 e. The Bertz CT molecular complexity index is 804. The lowest BCUT2D eigenvalue weighted by atomic mass is 10.2. The van der Waals surface area contributed by atoms with Crippen molar-refractivity contribution in [2.45, 2.75) is 33.6 Å². The summed E-state index contributed by atoms with van der Waals surface area (Å²) in [5, 5.41) is 13.2. The number of benzene rings is 1. The van der Waals surface area contributed by atoms with Gasteiger partial charge < -0.3 is 13.9 Å². The van der Waals surface area contributed by atoms with Gasteiger partial charge in [0.05, 0.1) is 19.9 Å². The first kappa shape index (κ1) is 19.3. The van der Waals surface area contributed by atoms with Crippen LogP contribution in [0.1, 0.15) is 50.8 Å². The minimum atomic E-state index is 0.0873. The molecular weight excluding hydrogens is 332 g/mol. The van der Waals surface area contributed by atoms with Gasteiger partial charge in [0.15, 0.2) is 11.5 Å². The zero-order chi connectivity index (χ0) is 19.1. The largest absolute Gasteiger partial charge is 0.493 e. The van der Waals surface area contributed by atoms with Crippen molar-refractivity contribution in [2.75, 3.05) is 19.1 Å². The second-order valence-corrected chi connectivity index (χ2v) is 6.48. The number of nitrogens with one attached hydrogen (secondary N) is 1. The van der Waals surface area contributed by atoms with E-state index < -0.39 is 0 Å². The Morgan fingerprint density at radius 3 is 2.69 bits per heavy atom. The molecule has 0 aliphatic carbocycles. The summed E-state index contributed by atoms with van der Waals surface area (Å²) in [4.78, 5) is 4.13. The van der Waals surface area contributed by atoms with Crippen molar-refractivity contribution in [2.24, 2.45) is 11.0 Å². The highest BCUT2D eigenvalue weighted by molar-refractivity contribution is 5.81. The van der Waals surface area contributed by atoms with Crippen LogP contribution in [0.4, 0.5) is 5.88 Å². The third kappa shape index (κ3) is 4.99. The van der Waals surface area contributed by atoms with Gasteiger partial charge in [0.25, 0.3) is 5.88 Å². The molecule has 1 aromatic heterocycles. The van der Waals surface area contributed by atoms with Crippen LogP contribution in [0.3, 0.4) is 0 Å². The van der Waals surface area contributed by atoms with Gasteiger partial charge in [0.1, 0.15) is 6.07 Å². The Balaban J connectivity index is 2.10. The molecule has 7 nitrogen and oxygen atoms in total. The van der Waals surface area contributed by atoms with E-state index in [2.05, 4.69) is 29.4 Å². The van der Waals surface area contributed by atoms with Crippen molar-refractivity contribution < 1.29 is 13.9 Å². The molecule has 0 fully saturated rings. The number of nitrogens with zero attached hydrogens (tertiary/aromatic N) is 3. The third-order valence-corrected chi connectivity index (χ3v) is 3.38. The van der Waals surface area contributed by atoms with Crippen molar-refractivity contribution in [1.29, 1.82) is 5.26 Å². The Morgan fingerprint density at radius 2 is 2.08 bits per heavy atom. The van der Waals surface area contributed by atoms with Crippen LogP contribution < -0.4 is 14.9 Å². The summed E-state index contributed by atoms with van der Waals surface area (Å²) in [6.07, 6.45) is 1.60. The first-order valence-corrected chi connectivity index (χ1v) is 8.45. The second kappa shape index (κ2) is 8.90. The summed E-state index contributed by atoms with van der Waals surface area (Å²) >= 11 is 0. The molecule has 1 heterocycles. The first-order valence-electron chi connectivity index (χ1n) is 8.45. The minimum absolute atomic E-state index is 0.0873. The van der Waals surface area contributed by atoms with Crippen LogP contribution in [0, 0.1) is 17.2 Å². The molecule has 1 aromatic carbocycles. The fraction of sp³-hybridized carbons (Fsp3) is 0.421. The molecule has 0 amide bonds. The molecule has 0 unspecified atom stereocenters. The summed E-state index contributed by atoms with van der Waals surface area (Å²) in [6, 6.07) is 7.53. The van der Waals surface area contributed by atoms with Gasteiger partial charge in [-0.05, 0) is 29.7 Å². The zero-order valence-corrected chi connectivity index (χ0v) is 15.7. The highest BCUT2D eigenvalue weighted by Crippen LogP contribution is 2.28. The number of aromatic nitrogens is 1. The highest BCUT2D eigenvalue weighted by atomic mass is 16.5. The number of nitriles is 1. The van der Waals surface area contributed by atoms with Crippen LogP contribution >= 0.6 is 0 Å². The lowest BCUT2D eigenvalue weighted by molar-refractivity contribution is 0.257. The van der Waals surface area contributed by atoms with Crippen LogP contribution in [0.25, 0.3) is 0 Å². The van der Waals surface area contributed by atoms with Crippen LogP contribution in [-0.2, 0) is 0 Å². The molecule has 0 aliphatic heterocycles.